The summed E-state index contributed by atoms with van der Waals surface area (Å²) in [6.45, 7) is 0. The van der Waals surface area contributed by atoms with E-state index < -0.39 is 5.23 Å². The van der Waals surface area contributed by atoms with Crippen LogP contribution in [0.15, 0.2) is 54.6 Å². The Morgan fingerprint density at radius 2 is 1.35 bits per heavy atom. The molecule has 0 fully saturated rings. The summed E-state index contributed by atoms with van der Waals surface area (Å²) in [4.78, 5) is 0. The molecule has 0 aliphatic carbocycles. The van der Waals surface area contributed by atoms with E-state index >= 15 is 0 Å². The third-order valence-electron chi connectivity index (χ3n) is 2.43. The van der Waals surface area contributed by atoms with Crippen LogP contribution in [0.1, 0.15) is 11.1 Å². The number of hydrogen-bond acceptors (Lipinski definition) is 2. The van der Waals surface area contributed by atoms with E-state index in [0.29, 0.717) is 5.69 Å². The number of nitrogens with one attached hydrogen (secondary N) is 1. The van der Waals surface area contributed by atoms with E-state index in [9.17, 15) is 5.21 Å². The largest absolute Gasteiger partial charge is 0.595 e. The zero-order valence-corrected chi connectivity index (χ0v) is 9.21. The molecule has 0 saturated heterocycles. The maximum Gasteiger partial charge on any atom is 0.163 e. The van der Waals surface area contributed by atoms with E-state index in [1.165, 1.54) is 0 Å². The van der Waals surface area contributed by atoms with Crippen LogP contribution in [0.4, 0.5) is 5.69 Å². The first-order valence-electron chi connectivity index (χ1n) is 5.32. The molecule has 0 aliphatic rings. The van der Waals surface area contributed by atoms with E-state index in [-0.39, 0.29) is 0 Å². The molecule has 3 heteroatoms. The van der Waals surface area contributed by atoms with Gasteiger partial charge >= 0.3 is 0 Å². The highest BCUT2D eigenvalue weighted by Gasteiger charge is 1.97. The summed E-state index contributed by atoms with van der Waals surface area (Å²) in [6, 6.07) is 16.8. The molecule has 0 amide bonds. The lowest BCUT2D eigenvalue weighted by Gasteiger charge is -2.10. The van der Waals surface area contributed by atoms with Crippen LogP contribution in [-0.4, -0.2) is 5.21 Å². The average molecular weight is 227 g/mol. The Balaban J connectivity index is 2.12. The SMILES string of the molecule is [O-][NH+](O)c1ccc(C=Cc2ccccc2)cc1. The quantitative estimate of drug-likeness (QED) is 0.624. The highest BCUT2D eigenvalue weighted by atomic mass is 16.8. The maximum absolute atomic E-state index is 10.7. The number of hydrogen-bond donors (Lipinski definition) is 2. The van der Waals surface area contributed by atoms with Crippen LogP contribution in [0.5, 0.6) is 0 Å². The fraction of sp³-hybridized carbons (Fsp3) is 0. The second-order valence-corrected chi connectivity index (χ2v) is 3.67. The molecule has 1 unspecified atom stereocenters. The van der Waals surface area contributed by atoms with E-state index in [1.54, 1.807) is 24.3 Å². The van der Waals surface area contributed by atoms with Gasteiger partial charge in [-0.25, -0.2) is 5.21 Å². The van der Waals surface area contributed by atoms with Gasteiger partial charge in [0.1, 0.15) is 0 Å². The summed E-state index contributed by atoms with van der Waals surface area (Å²) in [5.74, 6) is 0. The van der Waals surface area contributed by atoms with E-state index in [2.05, 4.69) is 0 Å². The topological polar surface area (TPSA) is 47.7 Å². The first kappa shape index (κ1) is 11.5. The van der Waals surface area contributed by atoms with Crippen LogP contribution in [0.2, 0.25) is 0 Å². The van der Waals surface area contributed by atoms with Crippen molar-refractivity contribution in [3.05, 3.63) is 70.9 Å². The second-order valence-electron chi connectivity index (χ2n) is 3.67. The summed E-state index contributed by atoms with van der Waals surface area (Å²) >= 11 is 0. The minimum atomic E-state index is -0.899. The van der Waals surface area contributed by atoms with Crippen LogP contribution in [-0.2, 0) is 0 Å². The van der Waals surface area contributed by atoms with Crippen LogP contribution in [0.25, 0.3) is 12.2 Å². The molecule has 0 spiro atoms. The molecular formula is C14H13NO2. The molecule has 0 heterocycles. The maximum atomic E-state index is 10.7. The van der Waals surface area contributed by atoms with Gasteiger partial charge < -0.3 is 5.21 Å². The Hall–Kier alpha value is -1.94. The minimum Gasteiger partial charge on any atom is -0.595 e. The zero-order chi connectivity index (χ0) is 12.1. The molecule has 2 rings (SSSR count). The molecule has 2 N–H and O–H groups in total. The molecule has 0 radical (unpaired) electrons. The van der Waals surface area contributed by atoms with Crippen molar-refractivity contribution in [2.75, 3.05) is 0 Å². The van der Waals surface area contributed by atoms with Crippen molar-refractivity contribution in [3.63, 3.8) is 0 Å². The van der Waals surface area contributed by atoms with Crippen molar-refractivity contribution in [2.45, 2.75) is 0 Å². The van der Waals surface area contributed by atoms with Crippen molar-refractivity contribution in [2.24, 2.45) is 0 Å². The predicted molar refractivity (Wildman–Crippen MR) is 67.6 cm³/mol. The lowest BCUT2D eigenvalue weighted by atomic mass is 10.1. The van der Waals surface area contributed by atoms with E-state index in [0.717, 1.165) is 11.1 Å². The Morgan fingerprint density at radius 3 is 1.88 bits per heavy atom. The summed E-state index contributed by atoms with van der Waals surface area (Å²) in [5, 5.41) is 18.5. The van der Waals surface area contributed by atoms with Gasteiger partial charge in [-0.2, -0.15) is 5.23 Å². The van der Waals surface area contributed by atoms with Crippen molar-refractivity contribution in [1.29, 1.82) is 0 Å². The summed E-state index contributed by atoms with van der Waals surface area (Å²) < 4.78 is 0. The van der Waals surface area contributed by atoms with Crippen molar-refractivity contribution < 1.29 is 10.4 Å². The Kier molecular flexibility index (Phi) is 3.67. The van der Waals surface area contributed by atoms with Gasteiger partial charge in [0.25, 0.3) is 0 Å². The lowest BCUT2D eigenvalue weighted by Crippen LogP contribution is -2.99. The van der Waals surface area contributed by atoms with Crippen LogP contribution in [0, 0.1) is 5.21 Å². The average Bonchev–Trinajstić information content (AvgIpc) is 2.38. The monoisotopic (exact) mass is 227 g/mol. The van der Waals surface area contributed by atoms with Gasteiger partial charge in [0, 0.05) is 12.1 Å². The van der Waals surface area contributed by atoms with Gasteiger partial charge in [-0.1, -0.05) is 42.5 Å². The Morgan fingerprint density at radius 1 is 0.824 bits per heavy atom. The van der Waals surface area contributed by atoms with Crippen molar-refractivity contribution in [3.8, 4) is 0 Å². The molecule has 1 atom stereocenters. The fourth-order valence-corrected chi connectivity index (χ4v) is 1.49. The molecular weight excluding hydrogens is 214 g/mol. The summed E-state index contributed by atoms with van der Waals surface area (Å²) in [6.07, 6.45) is 3.96. The fourth-order valence-electron chi connectivity index (χ4n) is 1.49. The van der Waals surface area contributed by atoms with Crippen LogP contribution < -0.4 is 5.23 Å². The zero-order valence-electron chi connectivity index (χ0n) is 9.21. The summed E-state index contributed by atoms with van der Waals surface area (Å²) in [7, 11) is 0. The third-order valence-corrected chi connectivity index (χ3v) is 2.43. The molecule has 2 aromatic carbocycles. The molecule has 3 nitrogen and oxygen atoms in total. The molecule has 0 bridgehead atoms. The normalized spacial score (nSPS) is 12.8. The molecule has 0 saturated carbocycles. The Labute approximate surface area is 99.8 Å². The first-order valence-corrected chi connectivity index (χ1v) is 5.32. The van der Waals surface area contributed by atoms with Crippen LogP contribution >= 0.6 is 0 Å². The lowest BCUT2D eigenvalue weighted by molar-refractivity contribution is -0.991. The number of quaternary nitrogens is 1. The van der Waals surface area contributed by atoms with Gasteiger partial charge in [0.05, 0.1) is 0 Å². The molecule has 2 aromatic rings. The first-order chi connectivity index (χ1) is 8.25. The highest BCUT2D eigenvalue weighted by Crippen LogP contribution is 2.10. The van der Waals surface area contributed by atoms with Crippen LogP contribution in [0.3, 0.4) is 0 Å². The van der Waals surface area contributed by atoms with E-state index in [4.69, 9.17) is 5.21 Å². The van der Waals surface area contributed by atoms with Gasteiger partial charge in [-0.15, -0.1) is 0 Å². The van der Waals surface area contributed by atoms with Gasteiger partial charge in [0.15, 0.2) is 5.69 Å². The smallest absolute Gasteiger partial charge is 0.163 e. The Bertz CT molecular complexity index is 489. The van der Waals surface area contributed by atoms with Gasteiger partial charge in [0.2, 0.25) is 0 Å². The number of benzene rings is 2. The molecule has 17 heavy (non-hydrogen) atoms. The minimum absolute atomic E-state index is 0.307. The van der Waals surface area contributed by atoms with Crippen molar-refractivity contribution in [1.82, 2.24) is 0 Å². The summed E-state index contributed by atoms with van der Waals surface area (Å²) in [5.41, 5.74) is 2.41. The molecule has 86 valence electrons. The van der Waals surface area contributed by atoms with Crippen molar-refractivity contribution >= 4 is 17.8 Å². The molecule has 0 aliphatic heterocycles. The van der Waals surface area contributed by atoms with Gasteiger partial charge in [-0.05, 0) is 23.3 Å². The van der Waals surface area contributed by atoms with E-state index in [1.807, 2.05) is 42.5 Å². The second kappa shape index (κ2) is 5.41. The third kappa shape index (κ3) is 3.26. The number of rotatable bonds is 3. The highest BCUT2D eigenvalue weighted by molar-refractivity contribution is 5.69. The van der Waals surface area contributed by atoms with Gasteiger partial charge in [-0.3, -0.25) is 0 Å². The predicted octanol–water partition coefficient (Wildman–Crippen LogP) is 2.26. The standard InChI is InChI=1S/C14H13NO2/c16-15(17)14-10-8-13(9-11-14)7-6-12-4-2-1-3-5-12/h1-11,15-16H. The molecule has 0 aromatic heterocycles.